The van der Waals surface area contributed by atoms with E-state index in [2.05, 4.69) is 4.98 Å². The molecule has 1 saturated heterocycles. The van der Waals surface area contributed by atoms with Gasteiger partial charge in [-0.1, -0.05) is 26.8 Å². The fourth-order valence-electron chi connectivity index (χ4n) is 3.45. The number of pyridine rings is 1. The van der Waals surface area contributed by atoms with Gasteiger partial charge in [0.25, 0.3) is 0 Å². The van der Waals surface area contributed by atoms with Gasteiger partial charge in [0.2, 0.25) is 5.91 Å². The standard InChI is InChI=1S/C18H26N2O3/c1-18(2,3)17(21)20-10-11-22-16-14(20)7-8-15(16)23-12-13-6-4-5-9-19-13/h4-6,9,14-16H,7-8,10-12H2,1-3H3/t14-,15+,16+/m0/s1. The summed E-state index contributed by atoms with van der Waals surface area (Å²) in [6.07, 6.45) is 3.67. The maximum Gasteiger partial charge on any atom is 0.228 e. The summed E-state index contributed by atoms with van der Waals surface area (Å²) in [4.78, 5) is 19.0. The number of ether oxygens (including phenoxy) is 2. The van der Waals surface area contributed by atoms with E-state index < -0.39 is 0 Å². The van der Waals surface area contributed by atoms with Crippen LogP contribution in [-0.4, -0.2) is 47.2 Å². The van der Waals surface area contributed by atoms with Gasteiger partial charge in [-0.2, -0.15) is 0 Å². The lowest BCUT2D eigenvalue weighted by Gasteiger charge is -2.41. The maximum atomic E-state index is 12.7. The van der Waals surface area contributed by atoms with Crippen molar-refractivity contribution >= 4 is 5.91 Å². The van der Waals surface area contributed by atoms with E-state index in [9.17, 15) is 4.79 Å². The first-order valence-electron chi connectivity index (χ1n) is 8.41. The average Bonchev–Trinajstić information content (AvgIpc) is 2.95. The Hall–Kier alpha value is -1.46. The fraction of sp³-hybridized carbons (Fsp3) is 0.667. The van der Waals surface area contributed by atoms with Crippen LogP contribution in [0.3, 0.4) is 0 Å². The number of aromatic nitrogens is 1. The van der Waals surface area contributed by atoms with Crippen molar-refractivity contribution < 1.29 is 14.3 Å². The van der Waals surface area contributed by atoms with Crippen LogP contribution in [0.4, 0.5) is 0 Å². The molecule has 0 bridgehead atoms. The maximum absolute atomic E-state index is 12.7. The summed E-state index contributed by atoms with van der Waals surface area (Å²) in [5.74, 6) is 0.209. The molecule has 2 aliphatic rings. The van der Waals surface area contributed by atoms with Crippen molar-refractivity contribution in [2.75, 3.05) is 13.2 Å². The lowest BCUT2D eigenvalue weighted by molar-refractivity contribution is -0.159. The zero-order valence-corrected chi connectivity index (χ0v) is 14.2. The molecule has 5 heteroatoms. The molecule has 1 aliphatic heterocycles. The number of fused-ring (bicyclic) bond motifs is 1. The van der Waals surface area contributed by atoms with Crippen molar-refractivity contribution in [1.82, 2.24) is 9.88 Å². The third-order valence-electron chi connectivity index (χ3n) is 4.61. The monoisotopic (exact) mass is 318 g/mol. The van der Waals surface area contributed by atoms with Crippen molar-refractivity contribution in [2.45, 2.75) is 58.5 Å². The zero-order valence-electron chi connectivity index (χ0n) is 14.2. The second kappa shape index (κ2) is 6.57. The average molecular weight is 318 g/mol. The highest BCUT2D eigenvalue weighted by atomic mass is 16.5. The minimum Gasteiger partial charge on any atom is -0.372 e. The van der Waals surface area contributed by atoms with Gasteiger partial charge in [-0.15, -0.1) is 0 Å². The Morgan fingerprint density at radius 3 is 2.91 bits per heavy atom. The SMILES string of the molecule is CC(C)(C)C(=O)N1CCO[C@H]2[C@H](OCc3ccccn3)CC[C@@H]21. The van der Waals surface area contributed by atoms with Crippen molar-refractivity contribution in [3.8, 4) is 0 Å². The summed E-state index contributed by atoms with van der Waals surface area (Å²) in [6, 6.07) is 5.97. The van der Waals surface area contributed by atoms with Gasteiger partial charge in [-0.05, 0) is 25.0 Å². The third kappa shape index (κ3) is 3.56. The summed E-state index contributed by atoms with van der Waals surface area (Å²) in [7, 11) is 0. The molecule has 1 aromatic heterocycles. The van der Waals surface area contributed by atoms with Crippen LogP contribution in [0.25, 0.3) is 0 Å². The molecule has 23 heavy (non-hydrogen) atoms. The Balaban J connectivity index is 1.63. The Labute approximate surface area is 138 Å². The molecular formula is C18H26N2O3. The molecule has 1 aliphatic carbocycles. The van der Waals surface area contributed by atoms with Crippen LogP contribution in [0.15, 0.2) is 24.4 Å². The van der Waals surface area contributed by atoms with Gasteiger partial charge in [-0.25, -0.2) is 0 Å². The smallest absolute Gasteiger partial charge is 0.228 e. The molecule has 0 aromatic carbocycles. The van der Waals surface area contributed by atoms with Crippen LogP contribution in [0.5, 0.6) is 0 Å². The Kier molecular flexibility index (Phi) is 4.69. The molecule has 5 nitrogen and oxygen atoms in total. The van der Waals surface area contributed by atoms with E-state index in [1.165, 1.54) is 0 Å². The lowest BCUT2D eigenvalue weighted by atomic mass is 9.93. The molecule has 1 amide bonds. The molecule has 0 spiro atoms. The molecule has 0 radical (unpaired) electrons. The quantitative estimate of drug-likeness (QED) is 0.859. The first-order valence-corrected chi connectivity index (χ1v) is 8.41. The highest BCUT2D eigenvalue weighted by Gasteiger charge is 2.46. The number of nitrogens with zero attached hydrogens (tertiary/aromatic N) is 2. The molecule has 1 aromatic rings. The molecule has 3 rings (SSSR count). The summed E-state index contributed by atoms with van der Waals surface area (Å²) < 4.78 is 12.0. The van der Waals surface area contributed by atoms with Gasteiger partial charge in [-0.3, -0.25) is 9.78 Å². The number of morpholine rings is 1. The fourth-order valence-corrected chi connectivity index (χ4v) is 3.45. The summed E-state index contributed by atoms with van der Waals surface area (Å²) in [5, 5.41) is 0. The molecule has 2 fully saturated rings. The summed E-state index contributed by atoms with van der Waals surface area (Å²) in [5.41, 5.74) is 0.573. The first kappa shape index (κ1) is 16.4. The largest absolute Gasteiger partial charge is 0.372 e. The van der Waals surface area contributed by atoms with E-state index in [0.717, 1.165) is 18.5 Å². The summed E-state index contributed by atoms with van der Waals surface area (Å²) >= 11 is 0. The van der Waals surface area contributed by atoms with E-state index in [1.807, 2.05) is 43.9 Å². The third-order valence-corrected chi connectivity index (χ3v) is 4.61. The molecular weight excluding hydrogens is 292 g/mol. The van der Waals surface area contributed by atoms with E-state index >= 15 is 0 Å². The van der Waals surface area contributed by atoms with Crippen molar-refractivity contribution in [3.05, 3.63) is 30.1 Å². The lowest BCUT2D eigenvalue weighted by Crippen LogP contribution is -2.56. The van der Waals surface area contributed by atoms with Gasteiger partial charge in [0.1, 0.15) is 6.10 Å². The Morgan fingerprint density at radius 1 is 1.39 bits per heavy atom. The van der Waals surface area contributed by atoms with Gasteiger partial charge < -0.3 is 14.4 Å². The van der Waals surface area contributed by atoms with Gasteiger partial charge in [0.15, 0.2) is 0 Å². The Morgan fingerprint density at radius 2 is 2.22 bits per heavy atom. The molecule has 0 unspecified atom stereocenters. The minimum absolute atomic E-state index is 0.0150. The second-order valence-electron chi connectivity index (χ2n) is 7.40. The van der Waals surface area contributed by atoms with Crippen LogP contribution in [0, 0.1) is 5.41 Å². The van der Waals surface area contributed by atoms with E-state index in [-0.39, 0.29) is 29.6 Å². The topological polar surface area (TPSA) is 51.7 Å². The number of carbonyl (C=O) groups is 1. The van der Waals surface area contributed by atoms with Crippen molar-refractivity contribution in [3.63, 3.8) is 0 Å². The van der Waals surface area contributed by atoms with Gasteiger partial charge in [0, 0.05) is 18.2 Å². The number of carbonyl (C=O) groups excluding carboxylic acids is 1. The number of amides is 1. The molecule has 2 heterocycles. The van der Waals surface area contributed by atoms with E-state index in [0.29, 0.717) is 19.8 Å². The summed E-state index contributed by atoms with van der Waals surface area (Å²) in [6.45, 7) is 7.69. The van der Waals surface area contributed by atoms with Gasteiger partial charge in [0.05, 0.1) is 31.1 Å². The van der Waals surface area contributed by atoms with Crippen molar-refractivity contribution in [2.24, 2.45) is 5.41 Å². The highest BCUT2D eigenvalue weighted by molar-refractivity contribution is 5.82. The number of hydrogen-bond acceptors (Lipinski definition) is 4. The van der Waals surface area contributed by atoms with Crippen LogP contribution in [0.1, 0.15) is 39.3 Å². The minimum atomic E-state index is -0.352. The Bertz CT molecular complexity index is 541. The van der Waals surface area contributed by atoms with Crippen molar-refractivity contribution in [1.29, 1.82) is 0 Å². The normalized spacial score (nSPS) is 27.8. The molecule has 0 N–H and O–H groups in total. The number of rotatable bonds is 3. The molecule has 1 saturated carbocycles. The molecule has 3 atom stereocenters. The van der Waals surface area contributed by atoms with E-state index in [1.54, 1.807) is 6.20 Å². The van der Waals surface area contributed by atoms with Crippen LogP contribution in [0.2, 0.25) is 0 Å². The molecule has 126 valence electrons. The predicted octanol–water partition coefficient (Wildman–Crippen LogP) is 2.40. The van der Waals surface area contributed by atoms with Crippen LogP contribution in [-0.2, 0) is 20.9 Å². The predicted molar refractivity (Wildman–Crippen MR) is 86.7 cm³/mol. The number of hydrogen-bond donors (Lipinski definition) is 0. The zero-order chi connectivity index (χ0) is 16.4. The van der Waals surface area contributed by atoms with Gasteiger partial charge >= 0.3 is 0 Å². The van der Waals surface area contributed by atoms with E-state index in [4.69, 9.17) is 9.47 Å². The second-order valence-corrected chi connectivity index (χ2v) is 7.40. The van der Waals surface area contributed by atoms with Crippen LogP contribution >= 0.6 is 0 Å². The first-order chi connectivity index (χ1) is 11.0. The highest BCUT2D eigenvalue weighted by Crippen LogP contribution is 2.34. The van der Waals surface area contributed by atoms with Crippen LogP contribution < -0.4 is 0 Å².